The maximum absolute atomic E-state index is 12.9. The molecule has 0 aromatic heterocycles. The molecule has 0 spiro atoms. The van der Waals surface area contributed by atoms with Crippen molar-refractivity contribution in [2.45, 2.75) is 374 Å². The molecule has 0 saturated carbocycles. The second-order valence-electron chi connectivity index (χ2n) is 24.1. The van der Waals surface area contributed by atoms with E-state index >= 15 is 0 Å². The lowest BCUT2D eigenvalue weighted by Crippen LogP contribution is -2.30. The summed E-state index contributed by atoms with van der Waals surface area (Å²) in [4.78, 5) is 38.4. The van der Waals surface area contributed by atoms with E-state index in [2.05, 4.69) is 106 Å². The zero-order chi connectivity index (χ0) is 59.9. The average molecular weight is 1160 g/mol. The maximum Gasteiger partial charge on any atom is 0.306 e. The van der Waals surface area contributed by atoms with Gasteiger partial charge in [0.2, 0.25) is 0 Å². The van der Waals surface area contributed by atoms with Crippen molar-refractivity contribution < 1.29 is 28.6 Å². The minimum atomic E-state index is -0.801. The topological polar surface area (TPSA) is 78.9 Å². The molecule has 480 valence electrons. The Morgan fingerprint density at radius 1 is 0.253 bits per heavy atom. The van der Waals surface area contributed by atoms with Crippen LogP contribution in [0.3, 0.4) is 0 Å². The summed E-state index contributed by atoms with van der Waals surface area (Å²) in [7, 11) is 0. The fourth-order valence-electron chi connectivity index (χ4n) is 10.5. The number of esters is 3. The molecular formula is C77H136O6. The third kappa shape index (κ3) is 69.3. The van der Waals surface area contributed by atoms with E-state index < -0.39 is 6.10 Å². The third-order valence-corrected chi connectivity index (χ3v) is 15.9. The molecule has 83 heavy (non-hydrogen) atoms. The average Bonchev–Trinajstić information content (AvgIpc) is 3.49. The normalized spacial score (nSPS) is 12.6. The van der Waals surface area contributed by atoms with Gasteiger partial charge in [-0.05, 0) is 89.9 Å². The fraction of sp³-hybridized carbons (Fsp3) is 0.779. The van der Waals surface area contributed by atoms with Gasteiger partial charge in [0.25, 0.3) is 0 Å². The lowest BCUT2D eigenvalue weighted by molar-refractivity contribution is -0.167. The molecule has 0 aliphatic rings. The quantitative estimate of drug-likeness (QED) is 0.0261. The van der Waals surface area contributed by atoms with Crippen LogP contribution in [0.1, 0.15) is 367 Å². The minimum Gasteiger partial charge on any atom is -0.462 e. The molecule has 6 heteroatoms. The summed E-state index contributed by atoms with van der Waals surface area (Å²) in [5.74, 6) is -0.923. The van der Waals surface area contributed by atoms with Gasteiger partial charge in [-0.2, -0.15) is 0 Å². The Labute approximate surface area is 515 Å². The molecule has 0 amide bonds. The monoisotopic (exact) mass is 1160 g/mol. The van der Waals surface area contributed by atoms with Gasteiger partial charge in [-0.3, -0.25) is 14.4 Å². The molecule has 0 aliphatic carbocycles. The predicted octanol–water partition coefficient (Wildman–Crippen LogP) is 25.0. The molecule has 0 N–H and O–H groups in total. The first-order valence-electron chi connectivity index (χ1n) is 36.1. The Balaban J connectivity index is 4.21. The van der Waals surface area contributed by atoms with Crippen molar-refractivity contribution in [3.05, 3.63) is 85.1 Å². The molecule has 0 heterocycles. The van der Waals surface area contributed by atoms with Crippen LogP contribution < -0.4 is 0 Å². The number of rotatable bonds is 66. The van der Waals surface area contributed by atoms with Crippen molar-refractivity contribution in [3.8, 4) is 0 Å². The van der Waals surface area contributed by atoms with E-state index in [0.717, 1.165) is 122 Å². The maximum atomic E-state index is 12.9. The number of hydrogen-bond donors (Lipinski definition) is 0. The van der Waals surface area contributed by atoms with Crippen molar-refractivity contribution in [1.82, 2.24) is 0 Å². The Bertz CT molecular complexity index is 1570. The molecule has 0 saturated heterocycles. The minimum absolute atomic E-state index is 0.0921. The van der Waals surface area contributed by atoms with Gasteiger partial charge in [-0.1, -0.05) is 343 Å². The zero-order valence-corrected chi connectivity index (χ0v) is 55.2. The van der Waals surface area contributed by atoms with E-state index in [-0.39, 0.29) is 37.5 Å². The van der Waals surface area contributed by atoms with E-state index in [4.69, 9.17) is 14.2 Å². The van der Waals surface area contributed by atoms with Gasteiger partial charge in [0.1, 0.15) is 13.2 Å². The van der Waals surface area contributed by atoms with Crippen LogP contribution in [-0.2, 0) is 28.6 Å². The summed E-state index contributed by atoms with van der Waals surface area (Å²) in [6.45, 7) is 6.50. The lowest BCUT2D eigenvalue weighted by atomic mass is 10.0. The lowest BCUT2D eigenvalue weighted by Gasteiger charge is -2.18. The van der Waals surface area contributed by atoms with Crippen LogP contribution in [0.4, 0.5) is 0 Å². The first kappa shape index (κ1) is 79.6. The molecule has 1 unspecified atom stereocenters. The highest BCUT2D eigenvalue weighted by Gasteiger charge is 2.19. The SMILES string of the molecule is CC/C=C\C/C=C\C/C=C\C/C=C\C/C=C\CCCCCC(=O)OC(COC(=O)CCCCCCC/C=C\C/C=C\CCCC)COC(=O)CCCCCCCCCCCCCCCCCCCCCCCCCCCCCCCCCC. The molecule has 0 fully saturated rings. The van der Waals surface area contributed by atoms with Gasteiger partial charge in [0.15, 0.2) is 6.10 Å². The fourth-order valence-corrected chi connectivity index (χ4v) is 10.5. The summed E-state index contributed by atoms with van der Waals surface area (Å²) < 4.78 is 16.9. The number of hydrogen-bond acceptors (Lipinski definition) is 6. The Morgan fingerprint density at radius 3 is 0.783 bits per heavy atom. The van der Waals surface area contributed by atoms with Crippen LogP contribution in [-0.4, -0.2) is 37.2 Å². The van der Waals surface area contributed by atoms with E-state index in [9.17, 15) is 14.4 Å². The van der Waals surface area contributed by atoms with E-state index in [0.29, 0.717) is 12.8 Å². The molecule has 6 nitrogen and oxygen atoms in total. The second kappa shape index (κ2) is 71.1. The summed E-state index contributed by atoms with van der Waals surface area (Å²) in [5, 5.41) is 0. The third-order valence-electron chi connectivity index (χ3n) is 15.9. The van der Waals surface area contributed by atoms with Gasteiger partial charge in [0, 0.05) is 19.3 Å². The van der Waals surface area contributed by atoms with E-state index in [1.54, 1.807) is 0 Å². The van der Waals surface area contributed by atoms with Crippen molar-refractivity contribution in [1.29, 1.82) is 0 Å². The highest BCUT2D eigenvalue weighted by atomic mass is 16.6. The van der Waals surface area contributed by atoms with Gasteiger partial charge in [-0.15, -0.1) is 0 Å². The molecular weight excluding hydrogens is 1020 g/mol. The van der Waals surface area contributed by atoms with Crippen LogP contribution in [0.2, 0.25) is 0 Å². The highest BCUT2D eigenvalue weighted by molar-refractivity contribution is 5.71. The molecule has 0 rings (SSSR count). The van der Waals surface area contributed by atoms with Gasteiger partial charge < -0.3 is 14.2 Å². The number of carbonyl (C=O) groups excluding carboxylic acids is 3. The molecule has 1 atom stereocenters. The first-order valence-corrected chi connectivity index (χ1v) is 36.1. The number of unbranched alkanes of at least 4 members (excludes halogenated alkanes) is 41. The zero-order valence-electron chi connectivity index (χ0n) is 55.2. The summed E-state index contributed by atoms with van der Waals surface area (Å²) in [6, 6.07) is 0. The number of carbonyl (C=O) groups is 3. The number of ether oxygens (including phenoxy) is 3. The van der Waals surface area contributed by atoms with Crippen LogP contribution >= 0.6 is 0 Å². The van der Waals surface area contributed by atoms with Crippen molar-refractivity contribution in [2.75, 3.05) is 13.2 Å². The molecule has 0 aromatic rings. The summed E-state index contributed by atoms with van der Waals surface area (Å²) >= 11 is 0. The Kier molecular flexibility index (Phi) is 68.2. The standard InChI is InChI=1S/C77H136O6/c1-4-7-10-13-16-19-22-25-28-30-32-33-34-35-36-37-38-39-40-41-42-43-44-46-47-49-52-55-58-61-64-67-70-76(79)82-73-74(72-81-75(78)69-66-63-60-57-54-51-27-24-21-18-15-12-9-6-3)83-77(80)71-68-65-62-59-56-53-50-48-45-31-29-26-23-20-17-14-11-8-5-2/h8,11,15,17-18,20,24,26-27,29,45,48,53,56,74H,4-7,9-10,12-14,16,19,21-23,25,28,30-44,46-47,49-52,54-55,57-73H2,1-3H3/b11-8-,18-15-,20-17-,27-24-,29-26-,48-45-,56-53-. The molecule has 0 bridgehead atoms. The van der Waals surface area contributed by atoms with Crippen molar-refractivity contribution in [3.63, 3.8) is 0 Å². The second-order valence-corrected chi connectivity index (χ2v) is 24.1. The van der Waals surface area contributed by atoms with E-state index in [1.807, 2.05) is 0 Å². The largest absolute Gasteiger partial charge is 0.462 e. The Hall–Kier alpha value is -3.41. The molecule has 0 aromatic carbocycles. The summed E-state index contributed by atoms with van der Waals surface area (Å²) in [5.41, 5.74) is 0. The van der Waals surface area contributed by atoms with Crippen LogP contribution in [0.5, 0.6) is 0 Å². The Morgan fingerprint density at radius 2 is 0.482 bits per heavy atom. The molecule has 0 radical (unpaired) electrons. The van der Waals surface area contributed by atoms with E-state index in [1.165, 1.54) is 205 Å². The smallest absolute Gasteiger partial charge is 0.306 e. The number of allylic oxidation sites excluding steroid dienone is 14. The van der Waals surface area contributed by atoms with Crippen LogP contribution in [0, 0.1) is 0 Å². The van der Waals surface area contributed by atoms with Gasteiger partial charge >= 0.3 is 17.9 Å². The highest BCUT2D eigenvalue weighted by Crippen LogP contribution is 2.18. The van der Waals surface area contributed by atoms with Gasteiger partial charge in [-0.25, -0.2) is 0 Å². The van der Waals surface area contributed by atoms with Crippen molar-refractivity contribution >= 4 is 17.9 Å². The van der Waals surface area contributed by atoms with Crippen molar-refractivity contribution in [2.24, 2.45) is 0 Å². The predicted molar refractivity (Wildman–Crippen MR) is 362 cm³/mol. The summed E-state index contributed by atoms with van der Waals surface area (Å²) in [6.07, 6.45) is 94.9. The molecule has 0 aliphatic heterocycles. The first-order chi connectivity index (χ1) is 41.0. The van der Waals surface area contributed by atoms with Gasteiger partial charge in [0.05, 0.1) is 0 Å². The van der Waals surface area contributed by atoms with Crippen LogP contribution in [0.15, 0.2) is 85.1 Å². The van der Waals surface area contributed by atoms with Crippen LogP contribution in [0.25, 0.3) is 0 Å².